The monoisotopic (exact) mass is 543 g/mol. The zero-order chi connectivity index (χ0) is 27.1. The molecule has 1 saturated carbocycles. The maximum Gasteiger partial charge on any atom is 0.351 e. The Kier molecular flexibility index (Phi) is 10.3. The lowest BCUT2D eigenvalue weighted by Crippen LogP contribution is -2.41. The van der Waals surface area contributed by atoms with Gasteiger partial charge in [0.1, 0.15) is 5.82 Å². The minimum atomic E-state index is -2.03. The van der Waals surface area contributed by atoms with Gasteiger partial charge in [-0.05, 0) is 18.9 Å². The standard InChI is InChI=1S/C26H39ClFN3O6/c1-3-5-7-9-11-13-19(32)35-23-25(17-27)26(23,36-20(33)14-12-10-8-6-4-2)21(28)22(37-25)31-16-15-18(29)30-24(31)34/h15-16,21-23H,3-14,17H2,1-2H3,(H2,29,30,34)/t21-,22+,23?,25+,26+/m0/s1. The Hall–Kier alpha value is -2.20. The highest BCUT2D eigenvalue weighted by Crippen LogP contribution is 2.67. The first kappa shape index (κ1) is 29.4. The van der Waals surface area contributed by atoms with E-state index in [4.69, 9.17) is 31.5 Å². The van der Waals surface area contributed by atoms with Crippen molar-refractivity contribution in [1.82, 2.24) is 9.55 Å². The molecule has 1 aliphatic heterocycles. The second-order valence-corrected chi connectivity index (χ2v) is 10.2. The van der Waals surface area contributed by atoms with E-state index in [0.717, 1.165) is 55.9 Å². The lowest BCUT2D eigenvalue weighted by atomic mass is 10.1. The number of rotatable bonds is 16. The molecule has 1 unspecified atom stereocenters. The number of unbranched alkanes of at least 4 members (excludes halogenated alkanes) is 8. The van der Waals surface area contributed by atoms with E-state index < -0.39 is 47.3 Å². The minimum absolute atomic E-state index is 0.0261. The van der Waals surface area contributed by atoms with Crippen LogP contribution in [0.15, 0.2) is 17.1 Å². The molecule has 11 heteroatoms. The number of nitrogens with zero attached hydrogens (tertiary/aromatic N) is 2. The SMILES string of the molecule is CCCCCCCC(=O)OC1[C@@]2(CCl)O[C@@H](n3ccc(N)nc3=O)[C@H](F)[C@@]12OC(=O)CCCCCCC. The van der Waals surface area contributed by atoms with Gasteiger partial charge in [-0.25, -0.2) is 9.18 Å². The summed E-state index contributed by atoms with van der Waals surface area (Å²) in [6.07, 6.45) is 6.05. The molecule has 1 aromatic rings. The van der Waals surface area contributed by atoms with Gasteiger partial charge in [0.2, 0.25) is 5.60 Å². The first-order chi connectivity index (χ1) is 17.8. The molecule has 2 heterocycles. The topological polar surface area (TPSA) is 123 Å². The molecule has 9 nitrogen and oxygen atoms in total. The van der Waals surface area contributed by atoms with Gasteiger partial charge >= 0.3 is 17.6 Å². The lowest BCUT2D eigenvalue weighted by molar-refractivity contribution is -0.168. The van der Waals surface area contributed by atoms with E-state index in [1.54, 1.807) is 0 Å². The van der Waals surface area contributed by atoms with Crippen LogP contribution in [0.1, 0.15) is 97.1 Å². The molecule has 3 rings (SSSR count). The molecule has 37 heavy (non-hydrogen) atoms. The predicted octanol–water partition coefficient (Wildman–Crippen LogP) is 4.60. The van der Waals surface area contributed by atoms with Crippen LogP contribution in [0, 0.1) is 0 Å². The van der Waals surface area contributed by atoms with Crippen molar-refractivity contribution >= 4 is 29.4 Å². The number of carbonyl (C=O) groups is 2. The van der Waals surface area contributed by atoms with Gasteiger partial charge in [0.15, 0.2) is 24.1 Å². The first-order valence-electron chi connectivity index (χ1n) is 13.4. The van der Waals surface area contributed by atoms with Crippen molar-refractivity contribution in [2.24, 2.45) is 0 Å². The number of alkyl halides is 2. The Labute approximate surface area is 222 Å². The number of hydrogen-bond acceptors (Lipinski definition) is 8. The second kappa shape index (κ2) is 13.0. The maximum absolute atomic E-state index is 16.1. The zero-order valence-electron chi connectivity index (χ0n) is 21.8. The molecule has 1 aromatic heterocycles. The van der Waals surface area contributed by atoms with Gasteiger partial charge in [0.05, 0.1) is 5.88 Å². The second-order valence-electron chi connectivity index (χ2n) is 9.94. The van der Waals surface area contributed by atoms with Crippen LogP contribution in [0.3, 0.4) is 0 Å². The molecule has 0 bridgehead atoms. The quantitative estimate of drug-likeness (QED) is 0.182. The summed E-state index contributed by atoms with van der Waals surface area (Å²) in [6, 6.07) is 1.33. The fourth-order valence-corrected chi connectivity index (χ4v) is 5.48. The van der Waals surface area contributed by atoms with Crippen LogP contribution in [-0.2, 0) is 23.8 Å². The van der Waals surface area contributed by atoms with E-state index in [2.05, 4.69) is 18.8 Å². The Morgan fingerprint density at radius 2 is 1.68 bits per heavy atom. The number of esters is 2. The molecule has 0 radical (unpaired) electrons. The lowest BCUT2D eigenvalue weighted by Gasteiger charge is -2.24. The Morgan fingerprint density at radius 1 is 1.08 bits per heavy atom. The van der Waals surface area contributed by atoms with Gasteiger partial charge in [-0.2, -0.15) is 4.98 Å². The fraction of sp³-hybridized carbons (Fsp3) is 0.769. The van der Waals surface area contributed by atoms with Crippen molar-refractivity contribution in [3.8, 4) is 0 Å². The molecule has 0 spiro atoms. The number of nitrogens with two attached hydrogens (primary N) is 1. The van der Waals surface area contributed by atoms with Crippen molar-refractivity contribution in [3.63, 3.8) is 0 Å². The summed E-state index contributed by atoms with van der Waals surface area (Å²) in [5, 5.41) is 0. The number of aromatic nitrogens is 2. The number of halogens is 2. The molecule has 0 amide bonds. The Balaban J connectivity index is 1.76. The van der Waals surface area contributed by atoms with E-state index >= 15 is 4.39 Å². The van der Waals surface area contributed by atoms with E-state index in [-0.39, 0.29) is 24.5 Å². The van der Waals surface area contributed by atoms with Gasteiger partial charge in [-0.3, -0.25) is 14.2 Å². The summed E-state index contributed by atoms with van der Waals surface area (Å²) < 4.78 is 34.3. The molecule has 2 fully saturated rings. The first-order valence-corrected chi connectivity index (χ1v) is 13.9. The van der Waals surface area contributed by atoms with E-state index in [0.29, 0.717) is 12.8 Å². The molecule has 1 saturated heterocycles. The van der Waals surface area contributed by atoms with E-state index in [1.165, 1.54) is 12.3 Å². The maximum atomic E-state index is 16.1. The highest BCUT2D eigenvalue weighted by Gasteiger charge is 2.93. The van der Waals surface area contributed by atoms with Crippen LogP contribution < -0.4 is 11.4 Å². The van der Waals surface area contributed by atoms with Gasteiger partial charge in [-0.15, -0.1) is 11.6 Å². The number of nitrogen functional groups attached to an aromatic ring is 1. The Bertz CT molecular complexity index is 993. The largest absolute Gasteiger partial charge is 0.454 e. The number of carbonyl (C=O) groups excluding carboxylic acids is 2. The smallest absolute Gasteiger partial charge is 0.351 e. The Morgan fingerprint density at radius 3 is 2.24 bits per heavy atom. The third-order valence-electron chi connectivity index (χ3n) is 7.21. The molecule has 2 N–H and O–H groups in total. The number of ether oxygens (including phenoxy) is 3. The normalized spacial score (nSPS) is 28.1. The third kappa shape index (κ3) is 6.11. The van der Waals surface area contributed by atoms with E-state index in [1.807, 2.05) is 0 Å². The zero-order valence-corrected chi connectivity index (χ0v) is 22.5. The van der Waals surface area contributed by atoms with Crippen molar-refractivity contribution in [2.75, 3.05) is 11.6 Å². The molecule has 0 aromatic carbocycles. The fourth-order valence-electron chi connectivity index (χ4n) is 5.06. The van der Waals surface area contributed by atoms with Crippen molar-refractivity contribution < 1.29 is 28.2 Å². The van der Waals surface area contributed by atoms with Gasteiger partial charge in [0.25, 0.3) is 0 Å². The predicted molar refractivity (Wildman–Crippen MR) is 137 cm³/mol. The average molecular weight is 544 g/mol. The highest BCUT2D eigenvalue weighted by molar-refractivity contribution is 6.19. The van der Waals surface area contributed by atoms with Crippen LogP contribution in [0.2, 0.25) is 0 Å². The van der Waals surface area contributed by atoms with Crippen LogP contribution in [0.5, 0.6) is 0 Å². The van der Waals surface area contributed by atoms with Crippen molar-refractivity contribution in [1.29, 1.82) is 0 Å². The summed E-state index contributed by atoms with van der Waals surface area (Å²) in [5.41, 5.74) is 1.17. The van der Waals surface area contributed by atoms with Crippen LogP contribution in [0.25, 0.3) is 0 Å². The summed E-state index contributed by atoms with van der Waals surface area (Å²) in [5.74, 6) is -1.49. The van der Waals surface area contributed by atoms with Gasteiger partial charge < -0.3 is 19.9 Å². The molecule has 5 atom stereocenters. The number of fused-ring (bicyclic) bond motifs is 1. The highest BCUT2D eigenvalue weighted by atomic mass is 35.5. The minimum Gasteiger partial charge on any atom is -0.454 e. The number of hydrogen-bond donors (Lipinski definition) is 1. The molecule has 1 aliphatic carbocycles. The van der Waals surface area contributed by atoms with Crippen molar-refractivity contribution in [3.05, 3.63) is 22.7 Å². The summed E-state index contributed by atoms with van der Waals surface area (Å²) in [6.45, 7) is 4.20. The van der Waals surface area contributed by atoms with Crippen LogP contribution in [-0.4, -0.2) is 50.8 Å². The van der Waals surface area contributed by atoms with E-state index in [9.17, 15) is 14.4 Å². The van der Waals surface area contributed by atoms with Crippen LogP contribution >= 0.6 is 11.6 Å². The van der Waals surface area contributed by atoms with Crippen molar-refractivity contribution in [2.45, 2.75) is 121 Å². The molecule has 208 valence electrons. The van der Waals surface area contributed by atoms with Gasteiger partial charge in [-0.1, -0.05) is 65.2 Å². The number of anilines is 1. The summed E-state index contributed by atoms with van der Waals surface area (Å²) in [4.78, 5) is 41.4. The third-order valence-corrected chi connectivity index (χ3v) is 7.60. The molecule has 2 aliphatic rings. The molecular formula is C26H39ClFN3O6. The molecular weight excluding hydrogens is 505 g/mol. The summed E-state index contributed by atoms with van der Waals surface area (Å²) >= 11 is 6.25. The van der Waals surface area contributed by atoms with Gasteiger partial charge in [0, 0.05) is 19.0 Å². The van der Waals surface area contributed by atoms with Crippen LogP contribution in [0.4, 0.5) is 10.2 Å². The summed E-state index contributed by atoms with van der Waals surface area (Å²) in [7, 11) is 0. The average Bonchev–Trinajstić information content (AvgIpc) is 3.29.